The topological polar surface area (TPSA) is 93.3 Å². The molecular formula is C21H24F6N4O3. The number of nitrogens with zero attached hydrogens (tertiary/aromatic N) is 3. The number of aliphatic hydroxyl groups is 1. The maximum Gasteiger partial charge on any atom is 0.426 e. The molecule has 4 bridgehead atoms. The molecule has 0 amide bonds. The van der Waals surface area contributed by atoms with E-state index in [-0.39, 0.29) is 30.3 Å². The zero-order valence-electron chi connectivity index (χ0n) is 18.3. The van der Waals surface area contributed by atoms with E-state index >= 15 is 0 Å². The van der Waals surface area contributed by atoms with E-state index in [1.807, 2.05) is 0 Å². The lowest BCUT2D eigenvalue weighted by Gasteiger charge is -2.27. The van der Waals surface area contributed by atoms with Crippen molar-refractivity contribution in [1.29, 1.82) is 0 Å². The normalized spacial score (nSPS) is 24.3. The van der Waals surface area contributed by atoms with Gasteiger partial charge in [-0.1, -0.05) is 6.42 Å². The molecule has 1 saturated carbocycles. The molecule has 4 rings (SSSR count). The molecule has 2 atom stereocenters. The highest BCUT2D eigenvalue weighted by atomic mass is 19.4. The number of alkyl halides is 6. The van der Waals surface area contributed by atoms with Crippen molar-refractivity contribution >= 4 is 5.69 Å². The molecule has 1 fully saturated rings. The average Bonchev–Trinajstić information content (AvgIpc) is 3.47. The minimum absolute atomic E-state index is 0.00883. The first-order valence-corrected chi connectivity index (χ1v) is 11.1. The number of nitrogens with one attached hydrogen (secondary N) is 1. The Kier molecular flexibility index (Phi) is 6.42. The number of hydrogen-bond acceptors (Lipinski definition) is 7. The molecule has 0 aromatic carbocycles. The van der Waals surface area contributed by atoms with Crippen LogP contribution in [0.3, 0.4) is 0 Å². The lowest BCUT2D eigenvalue weighted by molar-refractivity contribution is -0.277. The molecule has 0 saturated heterocycles. The summed E-state index contributed by atoms with van der Waals surface area (Å²) in [5, 5.41) is 20.2. The molecule has 0 radical (unpaired) electrons. The van der Waals surface area contributed by atoms with Gasteiger partial charge in [-0.2, -0.15) is 26.3 Å². The highest BCUT2D eigenvalue weighted by Crippen LogP contribution is 2.46. The van der Waals surface area contributed by atoms with E-state index in [9.17, 15) is 31.4 Å². The summed E-state index contributed by atoms with van der Waals surface area (Å²) in [4.78, 5) is 4.00. The molecule has 34 heavy (non-hydrogen) atoms. The molecule has 2 aromatic rings. The summed E-state index contributed by atoms with van der Waals surface area (Å²) in [6.07, 6.45) is -8.51. The van der Waals surface area contributed by atoms with Gasteiger partial charge >= 0.3 is 12.4 Å². The molecule has 3 heterocycles. The first kappa shape index (κ1) is 24.6. The van der Waals surface area contributed by atoms with Crippen molar-refractivity contribution in [2.24, 2.45) is 5.92 Å². The fraction of sp³-hybridized carbons (Fsp3) is 0.667. The number of hydrogen-bond donors (Lipinski definition) is 2. The smallest absolute Gasteiger partial charge is 0.426 e. The van der Waals surface area contributed by atoms with E-state index in [1.165, 1.54) is 0 Å². The Hall–Kier alpha value is -2.57. The Labute approximate surface area is 190 Å². The van der Waals surface area contributed by atoms with E-state index in [0.29, 0.717) is 19.3 Å². The van der Waals surface area contributed by atoms with Gasteiger partial charge in [0, 0.05) is 6.54 Å². The number of anilines is 1. The third-order valence-corrected chi connectivity index (χ3v) is 6.05. The summed E-state index contributed by atoms with van der Waals surface area (Å²) in [5.74, 6) is -2.29. The zero-order valence-corrected chi connectivity index (χ0v) is 18.3. The van der Waals surface area contributed by atoms with Crippen LogP contribution in [0.5, 0.6) is 5.88 Å². The average molecular weight is 494 g/mol. The van der Waals surface area contributed by atoms with Crippen LogP contribution < -0.4 is 10.1 Å². The fourth-order valence-electron chi connectivity index (χ4n) is 4.04. The van der Waals surface area contributed by atoms with Crippen molar-refractivity contribution in [1.82, 2.24) is 15.2 Å². The van der Waals surface area contributed by atoms with Gasteiger partial charge in [-0.15, -0.1) is 10.2 Å². The third-order valence-electron chi connectivity index (χ3n) is 6.05. The van der Waals surface area contributed by atoms with Crippen LogP contribution >= 0.6 is 0 Å². The highest BCUT2D eigenvalue weighted by molar-refractivity contribution is 5.70. The van der Waals surface area contributed by atoms with Gasteiger partial charge in [0.15, 0.2) is 5.69 Å². The number of rotatable bonds is 3. The molecular weight excluding hydrogens is 470 g/mol. The maximum atomic E-state index is 13.9. The van der Waals surface area contributed by atoms with Crippen LogP contribution in [0.2, 0.25) is 0 Å². The molecule has 1 aliphatic carbocycles. The molecule has 1 aliphatic heterocycles. The second-order valence-corrected chi connectivity index (χ2v) is 8.63. The van der Waals surface area contributed by atoms with E-state index in [4.69, 9.17) is 9.15 Å². The molecule has 2 aliphatic rings. The van der Waals surface area contributed by atoms with Gasteiger partial charge in [-0.05, 0) is 57.4 Å². The Morgan fingerprint density at radius 1 is 1.09 bits per heavy atom. The van der Waals surface area contributed by atoms with Crippen molar-refractivity contribution in [2.45, 2.75) is 75.9 Å². The predicted octanol–water partition coefficient (Wildman–Crippen LogP) is 5.45. The van der Waals surface area contributed by atoms with Crippen LogP contribution in [0, 0.1) is 5.92 Å². The second kappa shape index (κ2) is 8.90. The van der Waals surface area contributed by atoms with Crippen molar-refractivity contribution < 1.29 is 40.6 Å². The van der Waals surface area contributed by atoms with E-state index in [0.717, 1.165) is 18.9 Å². The minimum atomic E-state index is -5.10. The van der Waals surface area contributed by atoms with Crippen molar-refractivity contribution in [3.63, 3.8) is 0 Å². The van der Waals surface area contributed by atoms with Crippen LogP contribution in [0.25, 0.3) is 11.6 Å². The molecule has 188 valence electrons. The van der Waals surface area contributed by atoms with Crippen LogP contribution in [0.1, 0.15) is 63.3 Å². The zero-order chi connectivity index (χ0) is 24.7. The lowest BCUT2D eigenvalue weighted by atomic mass is 9.94. The summed E-state index contributed by atoms with van der Waals surface area (Å²) in [6, 6.07) is 0.775. The van der Waals surface area contributed by atoms with Crippen LogP contribution in [0.15, 0.2) is 10.5 Å². The van der Waals surface area contributed by atoms with Gasteiger partial charge < -0.3 is 19.6 Å². The Balaban J connectivity index is 1.88. The number of pyridine rings is 1. The van der Waals surface area contributed by atoms with Gasteiger partial charge in [0.05, 0.1) is 5.69 Å². The SMILES string of the molecule is CCNc1cc(C(F)(F)F)c2nc1-c1nnc(o1)C(O)(C(F)(F)F)CCCCCC(C1CC1)O2. The van der Waals surface area contributed by atoms with Crippen LogP contribution in [-0.4, -0.2) is 39.1 Å². The number of ether oxygens (including phenoxy) is 1. The Morgan fingerprint density at radius 2 is 1.82 bits per heavy atom. The van der Waals surface area contributed by atoms with Crippen LogP contribution in [-0.2, 0) is 11.8 Å². The maximum absolute atomic E-state index is 13.9. The Morgan fingerprint density at radius 3 is 2.44 bits per heavy atom. The molecule has 0 spiro atoms. The molecule has 2 aromatic heterocycles. The van der Waals surface area contributed by atoms with Gasteiger partial charge in [-0.3, -0.25) is 0 Å². The summed E-state index contributed by atoms with van der Waals surface area (Å²) < 4.78 is 93.9. The largest absolute Gasteiger partial charge is 0.474 e. The lowest BCUT2D eigenvalue weighted by Crippen LogP contribution is -2.42. The molecule has 2 unspecified atom stereocenters. The van der Waals surface area contributed by atoms with Gasteiger partial charge in [-0.25, -0.2) is 4.98 Å². The first-order valence-electron chi connectivity index (χ1n) is 11.1. The van der Waals surface area contributed by atoms with Gasteiger partial charge in [0.1, 0.15) is 11.7 Å². The summed E-state index contributed by atoms with van der Waals surface area (Å²) in [6.45, 7) is 1.81. The van der Waals surface area contributed by atoms with E-state index < -0.39 is 53.7 Å². The quantitative estimate of drug-likeness (QED) is 0.548. The molecule has 13 heteroatoms. The van der Waals surface area contributed by atoms with E-state index in [1.54, 1.807) is 6.92 Å². The van der Waals surface area contributed by atoms with Gasteiger partial charge in [0.2, 0.25) is 11.5 Å². The van der Waals surface area contributed by atoms with Gasteiger partial charge in [0.25, 0.3) is 11.8 Å². The monoisotopic (exact) mass is 494 g/mol. The standard InChI is InChI=1S/C21H24F6N4O3/c1-2-28-13-10-12(20(22,23)24)16-29-15(13)17-30-31-18(34-17)19(32,21(25,26)27)9-5-3-4-6-14(33-16)11-7-8-11/h10-11,14,28,32H,2-9H2,1H3. The van der Waals surface area contributed by atoms with E-state index in [2.05, 4.69) is 20.5 Å². The summed E-state index contributed by atoms with van der Waals surface area (Å²) in [7, 11) is 0. The predicted molar refractivity (Wildman–Crippen MR) is 107 cm³/mol. The molecule has 7 nitrogen and oxygen atoms in total. The van der Waals surface area contributed by atoms with Crippen LogP contribution in [0.4, 0.5) is 32.0 Å². The first-order chi connectivity index (χ1) is 15.9. The number of fused-ring (bicyclic) bond motifs is 5. The number of halogens is 6. The number of aromatic nitrogens is 3. The highest BCUT2D eigenvalue weighted by Gasteiger charge is 2.58. The van der Waals surface area contributed by atoms with Crippen molar-refractivity contribution in [3.8, 4) is 17.5 Å². The van der Waals surface area contributed by atoms with Crippen molar-refractivity contribution in [2.75, 3.05) is 11.9 Å². The minimum Gasteiger partial charge on any atom is -0.474 e. The third kappa shape index (κ3) is 4.80. The summed E-state index contributed by atoms with van der Waals surface area (Å²) >= 11 is 0. The Bertz CT molecular complexity index is 1020. The summed E-state index contributed by atoms with van der Waals surface area (Å²) in [5.41, 5.74) is -4.96. The second-order valence-electron chi connectivity index (χ2n) is 8.63. The molecule has 2 N–H and O–H groups in total. The van der Waals surface area contributed by atoms with Crippen molar-refractivity contribution in [3.05, 3.63) is 17.5 Å². The fourth-order valence-corrected chi connectivity index (χ4v) is 4.04.